The molecule has 3 rings (SSSR count). The highest BCUT2D eigenvalue weighted by molar-refractivity contribution is 5.68. The van der Waals surface area contributed by atoms with Crippen molar-refractivity contribution >= 4 is 6.09 Å². The third-order valence-corrected chi connectivity index (χ3v) is 5.01. The Bertz CT molecular complexity index is 606. The molecule has 6 nitrogen and oxygen atoms in total. The Morgan fingerprint density at radius 3 is 2.60 bits per heavy atom. The normalized spacial score (nSPS) is 26.5. The van der Waals surface area contributed by atoms with Gasteiger partial charge in [0, 0.05) is 32.1 Å². The van der Waals surface area contributed by atoms with Crippen LogP contribution >= 0.6 is 0 Å². The molecular formula is C19H28N2O4. The number of hydrogen-bond acceptors (Lipinski definition) is 5. The highest BCUT2D eigenvalue weighted by Crippen LogP contribution is 2.43. The lowest BCUT2D eigenvalue weighted by Crippen LogP contribution is -2.54. The molecule has 138 valence electrons. The number of carbonyl (C=O) groups excluding carboxylic acids is 1. The Morgan fingerprint density at radius 2 is 2.00 bits per heavy atom. The van der Waals surface area contributed by atoms with Crippen LogP contribution in [0.2, 0.25) is 0 Å². The largest absolute Gasteiger partial charge is 0.444 e. The summed E-state index contributed by atoms with van der Waals surface area (Å²) in [5.74, 6) is 0. The third kappa shape index (κ3) is 4.12. The van der Waals surface area contributed by atoms with Crippen LogP contribution in [-0.4, -0.2) is 52.0 Å². The predicted octanol–water partition coefficient (Wildman–Crippen LogP) is 2.85. The first kappa shape index (κ1) is 18.1. The van der Waals surface area contributed by atoms with Gasteiger partial charge in [0.05, 0.1) is 17.9 Å². The number of piperidine rings is 1. The van der Waals surface area contributed by atoms with E-state index in [1.807, 2.05) is 39.0 Å². The van der Waals surface area contributed by atoms with Crippen LogP contribution in [0.5, 0.6) is 0 Å². The Morgan fingerprint density at radius 1 is 1.28 bits per heavy atom. The summed E-state index contributed by atoms with van der Waals surface area (Å²) in [4.78, 5) is 18.3. The molecule has 3 heterocycles. The van der Waals surface area contributed by atoms with E-state index >= 15 is 0 Å². The van der Waals surface area contributed by atoms with E-state index in [9.17, 15) is 9.90 Å². The molecule has 0 saturated carbocycles. The van der Waals surface area contributed by atoms with Crippen LogP contribution in [0.25, 0.3) is 0 Å². The van der Waals surface area contributed by atoms with Crippen molar-refractivity contribution in [3.05, 3.63) is 30.1 Å². The van der Waals surface area contributed by atoms with Crippen molar-refractivity contribution in [2.45, 2.75) is 63.3 Å². The number of rotatable bonds is 1. The summed E-state index contributed by atoms with van der Waals surface area (Å²) in [5.41, 5.74) is -1.16. The van der Waals surface area contributed by atoms with Crippen LogP contribution in [-0.2, 0) is 15.1 Å². The summed E-state index contributed by atoms with van der Waals surface area (Å²) < 4.78 is 11.5. The van der Waals surface area contributed by atoms with E-state index in [1.54, 1.807) is 11.1 Å². The summed E-state index contributed by atoms with van der Waals surface area (Å²) in [5, 5.41) is 11.1. The van der Waals surface area contributed by atoms with Crippen LogP contribution in [0.1, 0.15) is 52.1 Å². The number of amides is 1. The van der Waals surface area contributed by atoms with Crippen molar-refractivity contribution in [1.82, 2.24) is 9.88 Å². The standard InChI is InChI=1S/C19H28N2O4/c1-17(2,3)25-16(22)21-11-7-18(8-12-21)14-19(23,9-13-24-18)15-6-4-5-10-20-15/h4-6,10,23H,7-9,11-14H2,1-3H3. The molecule has 1 amide bonds. The minimum atomic E-state index is -0.965. The molecule has 0 radical (unpaired) electrons. The molecule has 1 N–H and O–H groups in total. The van der Waals surface area contributed by atoms with Gasteiger partial charge >= 0.3 is 6.09 Å². The van der Waals surface area contributed by atoms with Gasteiger partial charge < -0.3 is 19.5 Å². The Balaban J connectivity index is 1.65. The zero-order valence-electron chi connectivity index (χ0n) is 15.3. The minimum Gasteiger partial charge on any atom is -0.444 e. The fourth-order valence-corrected chi connectivity index (χ4v) is 3.71. The van der Waals surface area contributed by atoms with Crippen molar-refractivity contribution in [1.29, 1.82) is 0 Å². The molecule has 2 aliphatic heterocycles. The highest BCUT2D eigenvalue weighted by atomic mass is 16.6. The van der Waals surface area contributed by atoms with Gasteiger partial charge in [-0.3, -0.25) is 4.98 Å². The second kappa shape index (κ2) is 6.57. The first-order chi connectivity index (χ1) is 11.7. The quantitative estimate of drug-likeness (QED) is 0.845. The van der Waals surface area contributed by atoms with Crippen LogP contribution in [0.3, 0.4) is 0 Å². The second-order valence-electron chi connectivity index (χ2n) is 8.17. The fraction of sp³-hybridized carbons (Fsp3) is 0.684. The van der Waals surface area contributed by atoms with Gasteiger partial charge in [0.1, 0.15) is 11.2 Å². The molecule has 1 aromatic heterocycles. The van der Waals surface area contributed by atoms with E-state index in [2.05, 4.69) is 4.98 Å². The Kier molecular flexibility index (Phi) is 4.77. The zero-order chi connectivity index (χ0) is 18.1. The molecule has 2 aliphatic rings. The molecule has 25 heavy (non-hydrogen) atoms. The predicted molar refractivity (Wildman–Crippen MR) is 93.1 cm³/mol. The maximum atomic E-state index is 12.2. The molecule has 0 aromatic carbocycles. The number of hydrogen-bond donors (Lipinski definition) is 1. The highest BCUT2D eigenvalue weighted by Gasteiger charge is 2.48. The first-order valence-electron chi connectivity index (χ1n) is 8.97. The summed E-state index contributed by atoms with van der Waals surface area (Å²) in [7, 11) is 0. The van der Waals surface area contributed by atoms with Crippen LogP contribution in [0.15, 0.2) is 24.4 Å². The van der Waals surface area contributed by atoms with Crippen LogP contribution in [0.4, 0.5) is 4.79 Å². The van der Waals surface area contributed by atoms with Crippen LogP contribution < -0.4 is 0 Å². The fourth-order valence-electron chi connectivity index (χ4n) is 3.71. The number of likely N-dealkylation sites (tertiary alicyclic amines) is 1. The van der Waals surface area contributed by atoms with Crippen LogP contribution in [0, 0.1) is 0 Å². The van der Waals surface area contributed by atoms with E-state index in [4.69, 9.17) is 9.47 Å². The summed E-state index contributed by atoms with van der Waals surface area (Å²) in [6, 6.07) is 5.61. The van der Waals surface area contributed by atoms with Crippen molar-refractivity contribution < 1.29 is 19.4 Å². The molecule has 1 unspecified atom stereocenters. The van der Waals surface area contributed by atoms with Crippen molar-refractivity contribution in [3.8, 4) is 0 Å². The van der Waals surface area contributed by atoms with Gasteiger partial charge in [-0.25, -0.2) is 4.79 Å². The number of carbonyl (C=O) groups is 1. The topological polar surface area (TPSA) is 71.9 Å². The zero-order valence-corrected chi connectivity index (χ0v) is 15.3. The molecule has 1 aromatic rings. The van der Waals surface area contributed by atoms with Gasteiger partial charge in [-0.2, -0.15) is 0 Å². The smallest absolute Gasteiger partial charge is 0.410 e. The maximum Gasteiger partial charge on any atom is 0.410 e. The third-order valence-electron chi connectivity index (χ3n) is 5.01. The minimum absolute atomic E-state index is 0.279. The SMILES string of the molecule is CC(C)(C)OC(=O)N1CCC2(CC1)CC(O)(c1ccccn1)CCO2. The van der Waals surface area contributed by atoms with Gasteiger partial charge in [0.15, 0.2) is 0 Å². The van der Waals surface area contributed by atoms with Crippen molar-refractivity contribution in [2.24, 2.45) is 0 Å². The van der Waals surface area contributed by atoms with E-state index in [-0.39, 0.29) is 6.09 Å². The lowest BCUT2D eigenvalue weighted by atomic mass is 9.75. The summed E-state index contributed by atoms with van der Waals surface area (Å²) >= 11 is 0. The van der Waals surface area contributed by atoms with E-state index in [0.29, 0.717) is 51.1 Å². The van der Waals surface area contributed by atoms with E-state index in [0.717, 1.165) is 0 Å². The van der Waals surface area contributed by atoms with Gasteiger partial charge in [0.2, 0.25) is 0 Å². The molecule has 6 heteroatoms. The van der Waals surface area contributed by atoms with Gasteiger partial charge in [-0.15, -0.1) is 0 Å². The van der Waals surface area contributed by atoms with Crippen molar-refractivity contribution in [3.63, 3.8) is 0 Å². The molecule has 2 saturated heterocycles. The Hall–Kier alpha value is -1.66. The lowest BCUT2D eigenvalue weighted by Gasteiger charge is -2.48. The molecular weight excluding hydrogens is 320 g/mol. The number of nitrogens with zero attached hydrogens (tertiary/aromatic N) is 2. The monoisotopic (exact) mass is 348 g/mol. The number of ether oxygens (including phenoxy) is 2. The molecule has 2 fully saturated rings. The van der Waals surface area contributed by atoms with Gasteiger partial charge in [0.25, 0.3) is 0 Å². The average Bonchev–Trinajstić information content (AvgIpc) is 2.55. The van der Waals surface area contributed by atoms with Gasteiger partial charge in [-0.1, -0.05) is 6.07 Å². The summed E-state index contributed by atoms with van der Waals surface area (Å²) in [6.45, 7) is 7.26. The molecule has 1 atom stereocenters. The Labute approximate surface area is 149 Å². The molecule has 0 aliphatic carbocycles. The number of pyridine rings is 1. The summed E-state index contributed by atoms with van der Waals surface area (Å²) in [6.07, 6.45) is 3.88. The lowest BCUT2D eigenvalue weighted by molar-refractivity contribution is -0.182. The number of aromatic nitrogens is 1. The number of aliphatic hydroxyl groups is 1. The molecule has 1 spiro atoms. The van der Waals surface area contributed by atoms with Crippen molar-refractivity contribution in [2.75, 3.05) is 19.7 Å². The second-order valence-corrected chi connectivity index (χ2v) is 8.17. The van der Waals surface area contributed by atoms with E-state index < -0.39 is 16.8 Å². The van der Waals surface area contributed by atoms with Gasteiger partial charge in [-0.05, 0) is 45.7 Å². The first-order valence-corrected chi connectivity index (χ1v) is 8.97. The average molecular weight is 348 g/mol. The molecule has 0 bridgehead atoms. The maximum absolute atomic E-state index is 12.2. The van der Waals surface area contributed by atoms with E-state index in [1.165, 1.54) is 0 Å².